The van der Waals surface area contributed by atoms with E-state index >= 15 is 0 Å². The Kier molecular flexibility index (Phi) is 7.09. The Morgan fingerprint density at radius 1 is 0.929 bits per heavy atom. The van der Waals surface area contributed by atoms with E-state index in [-0.39, 0.29) is 17.4 Å². The van der Waals surface area contributed by atoms with Crippen LogP contribution in [0.15, 0.2) is 36.4 Å². The van der Waals surface area contributed by atoms with Gasteiger partial charge in [-0.25, -0.2) is 0 Å². The van der Waals surface area contributed by atoms with Crippen molar-refractivity contribution in [2.24, 2.45) is 0 Å². The van der Waals surface area contributed by atoms with E-state index in [1.807, 2.05) is 31.9 Å². The minimum absolute atomic E-state index is 0.0205. The molecule has 0 bridgehead atoms. The molecule has 1 amide bonds. The quantitative estimate of drug-likeness (QED) is 0.541. The molecule has 0 saturated heterocycles. The molecule has 2 aromatic rings. The molecule has 0 heterocycles. The summed E-state index contributed by atoms with van der Waals surface area (Å²) in [5.41, 5.74) is 7.31. The number of nitrogens with zero attached hydrogens (tertiary/aromatic N) is 1. The maximum atomic E-state index is 12.8. The number of amides is 1. The molecule has 0 fully saturated rings. The van der Waals surface area contributed by atoms with Gasteiger partial charge in [0.05, 0.1) is 0 Å². The fraction of sp³-hybridized carbons (Fsp3) is 0.500. The lowest BCUT2D eigenvalue weighted by Gasteiger charge is -2.34. The van der Waals surface area contributed by atoms with E-state index in [4.69, 9.17) is 0 Å². The standard InChI is InChI=1S/C26H37NO/c1-9-21-12-13-22(16-19(21)6)26(10-2,11-3)23-14-15-24(20(7)17-23)25(28)27(8)18(4)5/h12-18H,9-11H2,1-8H3. The first-order chi connectivity index (χ1) is 13.2. The molecule has 0 radical (unpaired) electrons. The number of aryl methyl sites for hydroxylation is 3. The molecule has 2 rings (SSSR count). The molecule has 152 valence electrons. The van der Waals surface area contributed by atoms with E-state index in [0.29, 0.717) is 0 Å². The normalized spacial score (nSPS) is 11.8. The van der Waals surface area contributed by atoms with E-state index in [2.05, 4.69) is 65.0 Å². The second-order valence-corrected chi connectivity index (χ2v) is 8.32. The largest absolute Gasteiger partial charge is 0.339 e. The van der Waals surface area contributed by atoms with Crippen LogP contribution in [-0.2, 0) is 11.8 Å². The maximum absolute atomic E-state index is 12.8. The van der Waals surface area contributed by atoms with Gasteiger partial charge in [0.15, 0.2) is 0 Å². The highest BCUT2D eigenvalue weighted by molar-refractivity contribution is 5.95. The molecule has 2 aromatic carbocycles. The van der Waals surface area contributed by atoms with Gasteiger partial charge in [-0.15, -0.1) is 0 Å². The van der Waals surface area contributed by atoms with Crippen molar-refractivity contribution < 1.29 is 4.79 Å². The van der Waals surface area contributed by atoms with E-state index in [1.165, 1.54) is 22.3 Å². The van der Waals surface area contributed by atoms with Gasteiger partial charge in [0.2, 0.25) is 0 Å². The molecule has 0 saturated carbocycles. The number of hydrogen-bond donors (Lipinski definition) is 0. The molecule has 28 heavy (non-hydrogen) atoms. The van der Waals surface area contributed by atoms with Crippen LogP contribution in [0.2, 0.25) is 0 Å². The molecular weight excluding hydrogens is 342 g/mol. The van der Waals surface area contributed by atoms with Gasteiger partial charge in [-0.2, -0.15) is 0 Å². The fourth-order valence-corrected chi connectivity index (χ4v) is 4.25. The van der Waals surface area contributed by atoms with Crippen molar-refractivity contribution >= 4 is 5.91 Å². The van der Waals surface area contributed by atoms with E-state index in [0.717, 1.165) is 30.4 Å². The third kappa shape index (κ3) is 4.01. The van der Waals surface area contributed by atoms with Crippen LogP contribution in [0.1, 0.15) is 85.6 Å². The van der Waals surface area contributed by atoms with Crippen LogP contribution in [0, 0.1) is 13.8 Å². The molecule has 0 aliphatic carbocycles. The van der Waals surface area contributed by atoms with Crippen LogP contribution in [0.4, 0.5) is 0 Å². The predicted octanol–water partition coefficient (Wildman–Crippen LogP) is 6.45. The van der Waals surface area contributed by atoms with Gasteiger partial charge < -0.3 is 4.90 Å². The van der Waals surface area contributed by atoms with Gasteiger partial charge in [0.1, 0.15) is 0 Å². The summed E-state index contributed by atoms with van der Waals surface area (Å²) in [7, 11) is 1.88. The highest BCUT2D eigenvalue weighted by atomic mass is 16.2. The van der Waals surface area contributed by atoms with Crippen LogP contribution >= 0.6 is 0 Å². The Bertz CT molecular complexity index is 830. The molecule has 0 aromatic heterocycles. The topological polar surface area (TPSA) is 20.3 Å². The summed E-state index contributed by atoms with van der Waals surface area (Å²) in [6.45, 7) is 15.1. The van der Waals surface area contributed by atoms with Crippen molar-refractivity contribution in [2.45, 2.75) is 79.2 Å². The van der Waals surface area contributed by atoms with Crippen molar-refractivity contribution in [1.29, 1.82) is 0 Å². The van der Waals surface area contributed by atoms with Gasteiger partial charge in [-0.05, 0) is 80.8 Å². The maximum Gasteiger partial charge on any atom is 0.254 e. The van der Waals surface area contributed by atoms with Crippen LogP contribution in [-0.4, -0.2) is 23.9 Å². The Labute approximate surface area is 172 Å². The molecule has 0 unspecified atom stereocenters. The van der Waals surface area contributed by atoms with Crippen molar-refractivity contribution in [1.82, 2.24) is 4.90 Å². The lowest BCUT2D eigenvalue weighted by Crippen LogP contribution is -2.33. The molecule has 0 aliphatic rings. The van der Waals surface area contributed by atoms with E-state index < -0.39 is 0 Å². The zero-order valence-corrected chi connectivity index (χ0v) is 19.0. The summed E-state index contributed by atoms with van der Waals surface area (Å²) in [5, 5.41) is 0. The number of rotatable bonds is 7. The number of benzene rings is 2. The molecule has 2 heteroatoms. The highest BCUT2D eigenvalue weighted by Crippen LogP contribution is 2.40. The second kappa shape index (κ2) is 8.94. The number of carbonyl (C=O) groups excluding carboxylic acids is 1. The smallest absolute Gasteiger partial charge is 0.254 e. The first kappa shape index (κ1) is 22.2. The minimum atomic E-state index is -0.0205. The fourth-order valence-electron chi connectivity index (χ4n) is 4.25. The van der Waals surface area contributed by atoms with Crippen molar-refractivity contribution in [2.75, 3.05) is 7.05 Å². The monoisotopic (exact) mass is 379 g/mol. The minimum Gasteiger partial charge on any atom is -0.339 e. The summed E-state index contributed by atoms with van der Waals surface area (Å²) >= 11 is 0. The molecular formula is C26H37NO. The van der Waals surface area contributed by atoms with Gasteiger partial charge in [-0.1, -0.05) is 51.1 Å². The van der Waals surface area contributed by atoms with Gasteiger partial charge in [0, 0.05) is 24.1 Å². The van der Waals surface area contributed by atoms with Crippen molar-refractivity contribution in [3.8, 4) is 0 Å². The van der Waals surface area contributed by atoms with Crippen molar-refractivity contribution in [3.63, 3.8) is 0 Å². The zero-order valence-electron chi connectivity index (χ0n) is 19.0. The molecule has 2 nitrogen and oxygen atoms in total. The Balaban J connectivity index is 2.54. The predicted molar refractivity (Wildman–Crippen MR) is 120 cm³/mol. The third-order valence-corrected chi connectivity index (χ3v) is 6.59. The van der Waals surface area contributed by atoms with E-state index in [1.54, 1.807) is 0 Å². The third-order valence-electron chi connectivity index (χ3n) is 6.59. The molecule has 0 atom stereocenters. The average molecular weight is 380 g/mol. The van der Waals surface area contributed by atoms with E-state index in [9.17, 15) is 4.79 Å². The summed E-state index contributed by atoms with van der Waals surface area (Å²) in [4.78, 5) is 14.6. The Morgan fingerprint density at radius 3 is 1.89 bits per heavy atom. The lowest BCUT2D eigenvalue weighted by molar-refractivity contribution is 0.0754. The zero-order chi connectivity index (χ0) is 21.1. The number of carbonyl (C=O) groups is 1. The SMILES string of the molecule is CCc1ccc(C(CC)(CC)c2ccc(C(=O)N(C)C(C)C)c(C)c2)cc1C. The van der Waals surface area contributed by atoms with Crippen LogP contribution < -0.4 is 0 Å². The lowest BCUT2D eigenvalue weighted by atomic mass is 9.69. The molecule has 0 aliphatic heterocycles. The van der Waals surface area contributed by atoms with Gasteiger partial charge >= 0.3 is 0 Å². The summed E-state index contributed by atoms with van der Waals surface area (Å²) < 4.78 is 0. The first-order valence-electron chi connectivity index (χ1n) is 10.7. The van der Waals surface area contributed by atoms with Gasteiger partial charge in [-0.3, -0.25) is 4.79 Å². The first-order valence-corrected chi connectivity index (χ1v) is 10.7. The summed E-state index contributed by atoms with van der Waals surface area (Å²) in [6.07, 6.45) is 3.14. The molecule has 0 N–H and O–H groups in total. The summed E-state index contributed by atoms with van der Waals surface area (Å²) in [5.74, 6) is 0.0980. The van der Waals surface area contributed by atoms with Crippen LogP contribution in [0.5, 0.6) is 0 Å². The van der Waals surface area contributed by atoms with Crippen LogP contribution in [0.25, 0.3) is 0 Å². The molecule has 0 spiro atoms. The van der Waals surface area contributed by atoms with Gasteiger partial charge in [0.25, 0.3) is 5.91 Å². The van der Waals surface area contributed by atoms with Crippen LogP contribution in [0.3, 0.4) is 0 Å². The van der Waals surface area contributed by atoms with Crippen molar-refractivity contribution in [3.05, 3.63) is 69.8 Å². The Morgan fingerprint density at radius 2 is 1.46 bits per heavy atom. The second-order valence-electron chi connectivity index (χ2n) is 8.32. The number of hydrogen-bond acceptors (Lipinski definition) is 1. The average Bonchev–Trinajstić information content (AvgIpc) is 2.68. The summed E-state index contributed by atoms with van der Waals surface area (Å²) in [6, 6.07) is 13.6. The Hall–Kier alpha value is -2.09. The highest BCUT2D eigenvalue weighted by Gasteiger charge is 2.31.